The highest BCUT2D eigenvalue weighted by Crippen LogP contribution is 2.41. The first kappa shape index (κ1) is 15.4. The Balaban J connectivity index is 1.98. The van der Waals surface area contributed by atoms with Gasteiger partial charge in [0.2, 0.25) is 0 Å². The van der Waals surface area contributed by atoms with Crippen molar-refractivity contribution in [1.29, 1.82) is 0 Å². The third-order valence-corrected chi connectivity index (χ3v) is 4.62. The standard InChI is InChI=1S/C19H21NO3/c1-23-16-9-10-17-14(11-16)7-8-15(12-20-19(21)22)18(17)13-5-3-2-4-6-13/h2-6,9-11,15,18,20H,7-8,12H2,1H3,(H,21,22). The molecule has 0 saturated carbocycles. The zero-order valence-corrected chi connectivity index (χ0v) is 13.2. The van der Waals surface area contributed by atoms with E-state index in [0.717, 1.165) is 18.6 Å². The molecule has 4 heteroatoms. The fraction of sp³-hybridized carbons (Fsp3) is 0.316. The van der Waals surface area contributed by atoms with E-state index in [0.29, 0.717) is 6.54 Å². The summed E-state index contributed by atoms with van der Waals surface area (Å²) in [6, 6.07) is 16.5. The number of aryl methyl sites for hydroxylation is 1. The van der Waals surface area contributed by atoms with Crippen molar-refractivity contribution in [2.75, 3.05) is 13.7 Å². The molecular formula is C19H21NO3. The fourth-order valence-corrected chi connectivity index (χ4v) is 3.54. The summed E-state index contributed by atoms with van der Waals surface area (Å²) in [4.78, 5) is 10.9. The van der Waals surface area contributed by atoms with Crippen LogP contribution in [0.4, 0.5) is 4.79 Å². The monoisotopic (exact) mass is 311 g/mol. The molecule has 4 nitrogen and oxygen atoms in total. The molecular weight excluding hydrogens is 290 g/mol. The van der Waals surface area contributed by atoms with Gasteiger partial charge in [0.15, 0.2) is 0 Å². The van der Waals surface area contributed by atoms with Crippen LogP contribution in [0.1, 0.15) is 29.0 Å². The molecule has 0 fully saturated rings. The number of carboxylic acid groups (broad SMARTS) is 1. The number of methoxy groups -OCH3 is 1. The summed E-state index contributed by atoms with van der Waals surface area (Å²) in [5.41, 5.74) is 3.81. The van der Waals surface area contributed by atoms with Crippen LogP contribution in [0, 0.1) is 5.92 Å². The highest BCUT2D eigenvalue weighted by atomic mass is 16.5. The molecule has 0 aliphatic heterocycles. The molecule has 1 amide bonds. The molecule has 0 spiro atoms. The summed E-state index contributed by atoms with van der Waals surface area (Å²) in [6.45, 7) is 0.473. The Hall–Kier alpha value is -2.49. The summed E-state index contributed by atoms with van der Waals surface area (Å²) in [6.07, 6.45) is 0.944. The number of benzene rings is 2. The minimum atomic E-state index is -0.961. The van der Waals surface area contributed by atoms with Gasteiger partial charge < -0.3 is 15.2 Å². The van der Waals surface area contributed by atoms with E-state index in [1.807, 2.05) is 24.3 Å². The number of carbonyl (C=O) groups is 1. The van der Waals surface area contributed by atoms with E-state index < -0.39 is 6.09 Å². The van der Waals surface area contributed by atoms with E-state index in [-0.39, 0.29) is 11.8 Å². The van der Waals surface area contributed by atoms with Gasteiger partial charge >= 0.3 is 6.09 Å². The van der Waals surface area contributed by atoms with Crippen LogP contribution in [0.25, 0.3) is 0 Å². The average Bonchev–Trinajstić information content (AvgIpc) is 2.59. The van der Waals surface area contributed by atoms with Gasteiger partial charge in [0.1, 0.15) is 5.75 Å². The van der Waals surface area contributed by atoms with Gasteiger partial charge in [-0.05, 0) is 47.6 Å². The van der Waals surface area contributed by atoms with Gasteiger partial charge in [-0.1, -0.05) is 36.4 Å². The topological polar surface area (TPSA) is 58.6 Å². The zero-order chi connectivity index (χ0) is 16.2. The molecule has 23 heavy (non-hydrogen) atoms. The molecule has 120 valence electrons. The zero-order valence-electron chi connectivity index (χ0n) is 13.2. The second-order valence-corrected chi connectivity index (χ2v) is 5.94. The average molecular weight is 311 g/mol. The largest absolute Gasteiger partial charge is 0.497 e. The molecule has 0 heterocycles. The molecule has 1 aliphatic carbocycles. The third kappa shape index (κ3) is 3.31. The second-order valence-electron chi connectivity index (χ2n) is 5.94. The van der Waals surface area contributed by atoms with Crippen molar-refractivity contribution in [3.05, 3.63) is 65.2 Å². The lowest BCUT2D eigenvalue weighted by molar-refractivity contribution is 0.191. The van der Waals surface area contributed by atoms with Crippen molar-refractivity contribution in [2.24, 2.45) is 5.92 Å². The third-order valence-electron chi connectivity index (χ3n) is 4.62. The molecule has 2 N–H and O–H groups in total. The highest BCUT2D eigenvalue weighted by molar-refractivity contribution is 5.64. The smallest absolute Gasteiger partial charge is 0.404 e. The summed E-state index contributed by atoms with van der Waals surface area (Å²) < 4.78 is 5.34. The van der Waals surface area contributed by atoms with Gasteiger partial charge in [-0.2, -0.15) is 0 Å². The molecule has 2 aromatic carbocycles. The predicted octanol–water partition coefficient (Wildman–Crippen LogP) is 3.66. The summed E-state index contributed by atoms with van der Waals surface area (Å²) in [5, 5.41) is 11.5. The van der Waals surface area contributed by atoms with Crippen LogP contribution in [0.3, 0.4) is 0 Å². The molecule has 3 rings (SSSR count). The molecule has 0 saturated heterocycles. The minimum absolute atomic E-state index is 0.206. The van der Waals surface area contributed by atoms with Crippen molar-refractivity contribution < 1.29 is 14.6 Å². The molecule has 2 atom stereocenters. The Labute approximate surface area is 136 Å². The summed E-state index contributed by atoms with van der Waals surface area (Å²) >= 11 is 0. The van der Waals surface area contributed by atoms with E-state index >= 15 is 0 Å². The summed E-state index contributed by atoms with van der Waals surface area (Å²) in [5.74, 6) is 1.34. The fourth-order valence-electron chi connectivity index (χ4n) is 3.54. The van der Waals surface area contributed by atoms with Gasteiger partial charge in [0.05, 0.1) is 7.11 Å². The first-order valence-corrected chi connectivity index (χ1v) is 7.87. The quantitative estimate of drug-likeness (QED) is 0.906. The van der Waals surface area contributed by atoms with Crippen LogP contribution in [-0.4, -0.2) is 24.9 Å². The number of amides is 1. The van der Waals surface area contributed by atoms with Crippen molar-refractivity contribution >= 4 is 6.09 Å². The van der Waals surface area contributed by atoms with Gasteiger partial charge in [-0.3, -0.25) is 0 Å². The Morgan fingerprint density at radius 1 is 1.26 bits per heavy atom. The lowest BCUT2D eigenvalue weighted by Crippen LogP contribution is -2.33. The van der Waals surface area contributed by atoms with E-state index in [1.54, 1.807) is 7.11 Å². The molecule has 0 bridgehead atoms. The SMILES string of the molecule is COc1ccc2c(c1)CCC(CNC(=O)O)C2c1ccccc1. The Kier molecular flexibility index (Phi) is 4.51. The van der Waals surface area contributed by atoms with E-state index in [2.05, 4.69) is 29.6 Å². The van der Waals surface area contributed by atoms with Crippen LogP contribution in [-0.2, 0) is 6.42 Å². The van der Waals surface area contributed by atoms with E-state index in [1.165, 1.54) is 16.7 Å². The maximum Gasteiger partial charge on any atom is 0.404 e. The summed E-state index contributed by atoms with van der Waals surface area (Å²) in [7, 11) is 1.68. The van der Waals surface area contributed by atoms with Crippen LogP contribution >= 0.6 is 0 Å². The Morgan fingerprint density at radius 2 is 2.04 bits per heavy atom. The van der Waals surface area contributed by atoms with E-state index in [9.17, 15) is 4.79 Å². The van der Waals surface area contributed by atoms with Gasteiger partial charge in [-0.25, -0.2) is 4.79 Å². The maximum atomic E-state index is 10.9. The highest BCUT2D eigenvalue weighted by Gasteiger charge is 2.31. The number of ether oxygens (including phenoxy) is 1. The van der Waals surface area contributed by atoms with E-state index in [4.69, 9.17) is 9.84 Å². The van der Waals surface area contributed by atoms with Crippen LogP contribution < -0.4 is 10.1 Å². The maximum absolute atomic E-state index is 10.9. The Morgan fingerprint density at radius 3 is 2.74 bits per heavy atom. The lowest BCUT2D eigenvalue weighted by atomic mass is 9.72. The van der Waals surface area contributed by atoms with Crippen molar-refractivity contribution in [3.8, 4) is 5.75 Å². The first-order valence-electron chi connectivity index (χ1n) is 7.87. The van der Waals surface area contributed by atoms with Gasteiger partial charge in [0, 0.05) is 12.5 Å². The van der Waals surface area contributed by atoms with Crippen LogP contribution in [0.15, 0.2) is 48.5 Å². The second kappa shape index (κ2) is 6.73. The lowest BCUT2D eigenvalue weighted by Gasteiger charge is -2.34. The first-order chi connectivity index (χ1) is 11.2. The minimum Gasteiger partial charge on any atom is -0.497 e. The van der Waals surface area contributed by atoms with Crippen LogP contribution in [0.5, 0.6) is 5.75 Å². The number of rotatable bonds is 4. The van der Waals surface area contributed by atoms with Crippen LogP contribution in [0.2, 0.25) is 0 Å². The Bertz CT molecular complexity index is 684. The molecule has 2 unspecified atom stereocenters. The van der Waals surface area contributed by atoms with Crippen molar-refractivity contribution in [3.63, 3.8) is 0 Å². The molecule has 1 aliphatic rings. The van der Waals surface area contributed by atoms with Gasteiger partial charge in [-0.15, -0.1) is 0 Å². The molecule has 2 aromatic rings. The van der Waals surface area contributed by atoms with Crippen molar-refractivity contribution in [2.45, 2.75) is 18.8 Å². The predicted molar refractivity (Wildman–Crippen MR) is 89.1 cm³/mol. The molecule has 0 radical (unpaired) electrons. The molecule has 0 aromatic heterocycles. The van der Waals surface area contributed by atoms with Gasteiger partial charge in [0.25, 0.3) is 0 Å². The van der Waals surface area contributed by atoms with Crippen molar-refractivity contribution in [1.82, 2.24) is 5.32 Å². The number of nitrogens with one attached hydrogen (secondary N) is 1. The number of hydrogen-bond donors (Lipinski definition) is 2. The number of hydrogen-bond acceptors (Lipinski definition) is 2. The number of fused-ring (bicyclic) bond motifs is 1. The normalized spacial score (nSPS) is 19.7.